The van der Waals surface area contributed by atoms with Crippen molar-refractivity contribution in [1.29, 1.82) is 0 Å². The van der Waals surface area contributed by atoms with E-state index < -0.39 is 7.37 Å². The molecule has 10 heavy (non-hydrogen) atoms. The topological polar surface area (TPSA) is 26.3 Å². The predicted octanol–water partition coefficient (Wildman–Crippen LogP) is 2.59. The highest BCUT2D eigenvalue weighted by atomic mass is 31.2. The van der Waals surface area contributed by atoms with Gasteiger partial charge in [0.05, 0.1) is 6.10 Å². The van der Waals surface area contributed by atoms with Gasteiger partial charge >= 0.3 is 0 Å². The number of hydrogen-bond acceptors (Lipinski definition) is 2. The Labute approximate surface area is 63.4 Å². The van der Waals surface area contributed by atoms with Crippen molar-refractivity contribution >= 4 is 7.37 Å². The normalized spacial score (nSPS) is 15.8. The molecule has 0 rings (SSSR count). The summed E-state index contributed by atoms with van der Waals surface area (Å²) in [5, 5.41) is 0. The Hall–Kier alpha value is 0.190. The highest BCUT2D eigenvalue weighted by Crippen LogP contribution is 2.39. The molecule has 0 aromatic rings. The molecule has 0 aliphatic rings. The molecule has 0 amide bonds. The summed E-state index contributed by atoms with van der Waals surface area (Å²) in [4.78, 5) is 0. The van der Waals surface area contributed by atoms with Gasteiger partial charge in [0.15, 0.2) is 7.37 Å². The highest BCUT2D eigenvalue weighted by Gasteiger charge is 2.15. The van der Waals surface area contributed by atoms with Crippen LogP contribution in [0.4, 0.5) is 0 Å². The molecule has 0 N–H and O–H groups in total. The van der Waals surface area contributed by atoms with Crippen molar-refractivity contribution in [2.24, 2.45) is 5.92 Å². The molecular weight excluding hydrogens is 147 g/mol. The van der Waals surface area contributed by atoms with Crippen LogP contribution in [0.5, 0.6) is 0 Å². The van der Waals surface area contributed by atoms with E-state index in [1.165, 1.54) is 0 Å². The SMILES string of the molecule is CC(C)C(C)OP(C)(C)=O. The van der Waals surface area contributed by atoms with E-state index in [-0.39, 0.29) is 6.10 Å². The predicted molar refractivity (Wildman–Crippen MR) is 44.8 cm³/mol. The summed E-state index contributed by atoms with van der Waals surface area (Å²) in [6, 6.07) is 0. The zero-order valence-corrected chi connectivity index (χ0v) is 8.31. The first-order chi connectivity index (χ1) is 4.33. The second-order valence-electron chi connectivity index (χ2n) is 3.31. The Balaban J connectivity index is 3.80. The summed E-state index contributed by atoms with van der Waals surface area (Å²) >= 11 is 0. The van der Waals surface area contributed by atoms with Gasteiger partial charge in [0.1, 0.15) is 0 Å². The summed E-state index contributed by atoms with van der Waals surface area (Å²) in [5.41, 5.74) is 0. The van der Waals surface area contributed by atoms with Gasteiger partial charge < -0.3 is 4.52 Å². The third-order valence-corrected chi connectivity index (χ3v) is 2.20. The van der Waals surface area contributed by atoms with Crippen LogP contribution < -0.4 is 0 Å². The van der Waals surface area contributed by atoms with Crippen molar-refractivity contribution in [3.05, 3.63) is 0 Å². The summed E-state index contributed by atoms with van der Waals surface area (Å²) in [6.07, 6.45) is 0.0980. The standard InChI is InChI=1S/C7H17O2P/c1-6(2)7(3)9-10(4,5)8/h6-7H,1-5H3. The number of hydrogen-bond donors (Lipinski definition) is 0. The first-order valence-corrected chi connectivity index (χ1v) is 6.08. The van der Waals surface area contributed by atoms with Crippen LogP contribution in [0.25, 0.3) is 0 Å². The monoisotopic (exact) mass is 164 g/mol. The molecule has 0 aromatic heterocycles. The second-order valence-corrected chi connectivity index (χ2v) is 6.02. The van der Waals surface area contributed by atoms with E-state index in [1.54, 1.807) is 13.3 Å². The summed E-state index contributed by atoms with van der Waals surface area (Å²) < 4.78 is 16.4. The van der Waals surface area contributed by atoms with E-state index in [1.807, 2.05) is 6.92 Å². The van der Waals surface area contributed by atoms with Gasteiger partial charge in [-0.2, -0.15) is 0 Å². The molecule has 0 aliphatic carbocycles. The van der Waals surface area contributed by atoms with Gasteiger partial charge in [-0.05, 0) is 12.8 Å². The molecule has 0 saturated heterocycles. The van der Waals surface area contributed by atoms with Crippen LogP contribution in [0.3, 0.4) is 0 Å². The molecule has 2 nitrogen and oxygen atoms in total. The van der Waals surface area contributed by atoms with Crippen LogP contribution in [0, 0.1) is 5.92 Å². The van der Waals surface area contributed by atoms with Gasteiger partial charge in [0, 0.05) is 13.3 Å². The smallest absolute Gasteiger partial charge is 0.197 e. The lowest BCUT2D eigenvalue weighted by molar-refractivity contribution is 0.177. The molecule has 0 bridgehead atoms. The van der Waals surface area contributed by atoms with E-state index in [0.717, 1.165) is 0 Å². The lowest BCUT2D eigenvalue weighted by Gasteiger charge is -2.18. The first-order valence-electron chi connectivity index (χ1n) is 3.56. The minimum absolute atomic E-state index is 0.0980. The van der Waals surface area contributed by atoms with E-state index in [0.29, 0.717) is 5.92 Å². The van der Waals surface area contributed by atoms with Crippen molar-refractivity contribution in [3.8, 4) is 0 Å². The lowest BCUT2D eigenvalue weighted by atomic mass is 10.1. The van der Waals surface area contributed by atoms with E-state index in [2.05, 4.69) is 13.8 Å². The van der Waals surface area contributed by atoms with Crippen molar-refractivity contribution in [2.45, 2.75) is 26.9 Å². The zero-order valence-electron chi connectivity index (χ0n) is 7.42. The molecular formula is C7H17O2P. The average molecular weight is 164 g/mol. The van der Waals surface area contributed by atoms with Gasteiger partial charge in [-0.1, -0.05) is 13.8 Å². The Morgan fingerprint density at radius 1 is 1.20 bits per heavy atom. The minimum atomic E-state index is -2.28. The fourth-order valence-electron chi connectivity index (χ4n) is 0.522. The fourth-order valence-corrected chi connectivity index (χ4v) is 1.57. The van der Waals surface area contributed by atoms with Crippen LogP contribution >= 0.6 is 7.37 Å². The Kier molecular flexibility index (Phi) is 3.61. The molecule has 0 spiro atoms. The fraction of sp³-hybridized carbons (Fsp3) is 1.00. The van der Waals surface area contributed by atoms with Gasteiger partial charge in [-0.25, -0.2) is 0 Å². The largest absolute Gasteiger partial charge is 0.325 e. The third kappa shape index (κ3) is 5.01. The van der Waals surface area contributed by atoms with Crippen LogP contribution in [-0.4, -0.2) is 19.4 Å². The number of rotatable bonds is 3. The average Bonchev–Trinajstić information content (AvgIpc) is 1.60. The maximum atomic E-state index is 11.1. The van der Waals surface area contributed by atoms with E-state index >= 15 is 0 Å². The van der Waals surface area contributed by atoms with Crippen LogP contribution in [0.15, 0.2) is 0 Å². The van der Waals surface area contributed by atoms with E-state index in [9.17, 15) is 4.57 Å². The summed E-state index contributed by atoms with van der Waals surface area (Å²) in [5.74, 6) is 0.438. The Bertz CT molecular complexity index is 137. The molecule has 0 heterocycles. The molecule has 0 radical (unpaired) electrons. The lowest BCUT2D eigenvalue weighted by Crippen LogP contribution is -2.13. The van der Waals surface area contributed by atoms with Crippen molar-refractivity contribution < 1.29 is 9.09 Å². The summed E-state index contributed by atoms with van der Waals surface area (Å²) in [6.45, 7) is 9.35. The maximum absolute atomic E-state index is 11.1. The van der Waals surface area contributed by atoms with Gasteiger partial charge in [0.25, 0.3) is 0 Å². The van der Waals surface area contributed by atoms with Gasteiger partial charge in [0.2, 0.25) is 0 Å². The first kappa shape index (κ1) is 10.2. The summed E-state index contributed by atoms with van der Waals surface area (Å²) in [7, 11) is -2.28. The molecule has 1 unspecified atom stereocenters. The van der Waals surface area contributed by atoms with Crippen molar-refractivity contribution in [3.63, 3.8) is 0 Å². The third-order valence-electron chi connectivity index (χ3n) is 1.36. The van der Waals surface area contributed by atoms with Crippen molar-refractivity contribution in [2.75, 3.05) is 13.3 Å². The second kappa shape index (κ2) is 3.54. The molecule has 0 aliphatic heterocycles. The van der Waals surface area contributed by atoms with E-state index in [4.69, 9.17) is 4.52 Å². The Morgan fingerprint density at radius 2 is 1.60 bits per heavy atom. The van der Waals surface area contributed by atoms with Crippen LogP contribution in [0.1, 0.15) is 20.8 Å². The van der Waals surface area contributed by atoms with Gasteiger partial charge in [-0.3, -0.25) is 4.57 Å². The van der Waals surface area contributed by atoms with Crippen molar-refractivity contribution in [1.82, 2.24) is 0 Å². The maximum Gasteiger partial charge on any atom is 0.197 e. The molecule has 0 saturated carbocycles. The molecule has 62 valence electrons. The zero-order chi connectivity index (χ0) is 8.36. The van der Waals surface area contributed by atoms with Gasteiger partial charge in [-0.15, -0.1) is 0 Å². The van der Waals surface area contributed by atoms with Crippen LogP contribution in [-0.2, 0) is 9.09 Å². The highest BCUT2D eigenvalue weighted by molar-refractivity contribution is 7.57. The molecule has 0 fully saturated rings. The minimum Gasteiger partial charge on any atom is -0.325 e. The Morgan fingerprint density at radius 3 is 1.70 bits per heavy atom. The molecule has 3 heteroatoms. The van der Waals surface area contributed by atoms with Crippen LogP contribution in [0.2, 0.25) is 0 Å². The quantitative estimate of drug-likeness (QED) is 0.599. The molecule has 1 atom stereocenters. The molecule has 0 aromatic carbocycles.